The molecule has 0 bridgehead atoms. The molecule has 0 aliphatic heterocycles. The molecule has 0 N–H and O–H groups in total. The zero-order chi connectivity index (χ0) is 54.2. The van der Waals surface area contributed by atoms with Gasteiger partial charge in [-0.1, -0.05) is 193 Å². The first-order valence-electron chi connectivity index (χ1n) is 27.3. The second-order valence-corrected chi connectivity index (χ2v) is 30.9. The van der Waals surface area contributed by atoms with Crippen molar-refractivity contribution >= 4 is 67.8 Å². The van der Waals surface area contributed by atoms with Crippen molar-refractivity contribution in [2.45, 2.75) is 138 Å². The van der Waals surface area contributed by atoms with Crippen molar-refractivity contribution < 1.29 is 24.5 Å². The Kier molecular flexibility index (Phi) is 14.9. The van der Waals surface area contributed by atoms with Gasteiger partial charge in [0, 0.05) is 37.4 Å². The van der Waals surface area contributed by atoms with Crippen LogP contribution in [0.1, 0.15) is 130 Å². The molecule has 3 aromatic heterocycles. The number of aromatic nitrogens is 3. The normalized spacial score (nSPS) is 12.5. The van der Waals surface area contributed by atoms with Gasteiger partial charge in [0.05, 0.1) is 30.5 Å². The molecule has 0 fully saturated rings. The molecular weight excluding hydrogens is 1130 g/mol. The standard InChI is InChI=1S/C56H59N2OSi.C15H16N.Ir/c1-33(2)45-28-38(37-25-39(55(5,6)7)30-40(26-37)56(8,9)10)29-46(34(3)4)52(45)58-50-31-41(60(11,12)13)23-24-49(50)57-54(58)44-20-16-19-43-48-27-36-22-21-35-17-14-15-18-42(35)47(36)32-51(48)59-53(43)44;1-15(2,3)13-9-10-16-14(11-13)12-7-5-4-6-8-12;/h14-19,21-34H,1-13H3;4-7,9-11H,1-3H3;/q2*-1;. The molecule has 0 spiro atoms. The van der Waals surface area contributed by atoms with Crippen molar-refractivity contribution in [1.29, 1.82) is 0 Å². The number of fused-ring (bicyclic) bond motifs is 7. The second kappa shape index (κ2) is 20.7. The van der Waals surface area contributed by atoms with Crippen molar-refractivity contribution in [3.8, 4) is 39.5 Å². The molecule has 0 unspecified atom stereocenters. The topological polar surface area (TPSA) is 43.9 Å². The molecule has 4 nitrogen and oxygen atoms in total. The summed E-state index contributed by atoms with van der Waals surface area (Å²) in [6.07, 6.45) is 1.87. The number of hydrogen-bond acceptors (Lipinski definition) is 3. The van der Waals surface area contributed by atoms with Crippen molar-refractivity contribution in [2.24, 2.45) is 0 Å². The van der Waals surface area contributed by atoms with E-state index in [0.29, 0.717) is 0 Å². The molecule has 0 saturated heterocycles. The Morgan fingerprint density at radius 1 is 0.545 bits per heavy atom. The van der Waals surface area contributed by atoms with Gasteiger partial charge < -0.3 is 14.0 Å². The van der Waals surface area contributed by atoms with Crippen LogP contribution in [0.5, 0.6) is 0 Å². The molecule has 0 saturated carbocycles. The summed E-state index contributed by atoms with van der Waals surface area (Å²) in [6.45, 7) is 37.2. The number of nitrogens with zero attached hydrogens (tertiary/aromatic N) is 3. The number of imidazole rings is 1. The molecule has 11 aromatic rings. The van der Waals surface area contributed by atoms with Gasteiger partial charge in [-0.2, -0.15) is 0 Å². The second-order valence-electron chi connectivity index (χ2n) is 25.8. The van der Waals surface area contributed by atoms with Gasteiger partial charge in [0.2, 0.25) is 0 Å². The summed E-state index contributed by atoms with van der Waals surface area (Å²) < 4.78 is 9.47. The largest absolute Gasteiger partial charge is 0.501 e. The van der Waals surface area contributed by atoms with Crippen LogP contribution in [-0.4, -0.2) is 22.6 Å². The number of benzene rings is 8. The van der Waals surface area contributed by atoms with Crippen LogP contribution >= 0.6 is 0 Å². The molecule has 77 heavy (non-hydrogen) atoms. The minimum absolute atomic E-state index is 0. The Morgan fingerprint density at radius 2 is 1.18 bits per heavy atom. The molecule has 3 heterocycles. The van der Waals surface area contributed by atoms with E-state index >= 15 is 0 Å². The van der Waals surface area contributed by atoms with Crippen LogP contribution in [0.2, 0.25) is 19.6 Å². The van der Waals surface area contributed by atoms with Crippen molar-refractivity contribution in [1.82, 2.24) is 14.5 Å². The van der Waals surface area contributed by atoms with Gasteiger partial charge in [-0.15, -0.1) is 54.1 Å². The van der Waals surface area contributed by atoms with Crippen LogP contribution < -0.4 is 5.19 Å². The Balaban J connectivity index is 0.000000364. The quantitative estimate of drug-likeness (QED) is 0.0907. The fourth-order valence-corrected chi connectivity index (χ4v) is 11.7. The van der Waals surface area contributed by atoms with E-state index in [9.17, 15) is 0 Å². The van der Waals surface area contributed by atoms with Gasteiger partial charge in [-0.05, 0) is 137 Å². The zero-order valence-corrected chi connectivity index (χ0v) is 51.6. The average molecular weight is 1210 g/mol. The fourth-order valence-electron chi connectivity index (χ4n) is 10.6. The van der Waals surface area contributed by atoms with Crippen molar-refractivity contribution in [2.75, 3.05) is 0 Å². The monoisotopic (exact) mass is 1210 g/mol. The molecule has 0 aliphatic rings. The predicted octanol–water partition coefficient (Wildman–Crippen LogP) is 19.6. The molecule has 395 valence electrons. The van der Waals surface area contributed by atoms with Gasteiger partial charge >= 0.3 is 0 Å². The third-order valence-corrected chi connectivity index (χ3v) is 17.3. The minimum atomic E-state index is -1.69. The average Bonchev–Trinajstić information content (AvgIpc) is 4.19. The van der Waals surface area contributed by atoms with E-state index in [0.717, 1.165) is 55.6 Å². The van der Waals surface area contributed by atoms with Gasteiger partial charge in [0.15, 0.2) is 0 Å². The first kappa shape index (κ1) is 55.3. The summed E-state index contributed by atoms with van der Waals surface area (Å²) >= 11 is 0. The van der Waals surface area contributed by atoms with Crippen molar-refractivity contribution in [3.05, 3.63) is 192 Å². The third-order valence-electron chi connectivity index (χ3n) is 15.3. The van der Waals surface area contributed by atoms with Crippen LogP contribution in [0.3, 0.4) is 0 Å². The summed E-state index contributed by atoms with van der Waals surface area (Å²) in [4.78, 5) is 9.94. The molecule has 1 radical (unpaired) electrons. The molecule has 0 aliphatic carbocycles. The molecule has 11 rings (SSSR count). The van der Waals surface area contributed by atoms with Crippen LogP contribution in [0.25, 0.3) is 94.0 Å². The maximum absolute atomic E-state index is 6.99. The Morgan fingerprint density at radius 3 is 1.81 bits per heavy atom. The molecule has 0 atom stereocenters. The SMILES string of the molecule is CC(C)(C)c1ccnc(-c2[c-]cccc2)c1.CC(C)c1cc(-c2cc(C(C)(C)C)cc(C(C)(C)C)c2)cc(C(C)C)c1-n1c(-c2[c-]ccc3c2oc2cc4c(ccc5ccccc54)cc23)nc2ccc([Si](C)(C)C)cc21.[Ir]. The van der Waals surface area contributed by atoms with E-state index < -0.39 is 8.07 Å². The maximum Gasteiger partial charge on any atom is 0.121 e. The first-order valence-corrected chi connectivity index (χ1v) is 30.8. The number of furan rings is 1. The third kappa shape index (κ3) is 10.9. The number of hydrogen-bond donors (Lipinski definition) is 0. The number of rotatable bonds is 7. The summed E-state index contributed by atoms with van der Waals surface area (Å²) in [5.74, 6) is 1.34. The number of pyridine rings is 1. The van der Waals surface area contributed by atoms with E-state index in [1.54, 1.807) is 0 Å². The smallest absolute Gasteiger partial charge is 0.121 e. The van der Waals surface area contributed by atoms with Crippen LogP contribution in [0.4, 0.5) is 0 Å². The minimum Gasteiger partial charge on any atom is -0.501 e. The Bertz CT molecular complexity index is 3920. The van der Waals surface area contributed by atoms with Gasteiger partial charge in [0.1, 0.15) is 5.58 Å². The summed E-state index contributed by atoms with van der Waals surface area (Å²) in [5.41, 5.74) is 17.3. The maximum atomic E-state index is 6.99. The van der Waals surface area contributed by atoms with Crippen molar-refractivity contribution in [3.63, 3.8) is 0 Å². The summed E-state index contributed by atoms with van der Waals surface area (Å²) in [5, 5.41) is 8.45. The van der Waals surface area contributed by atoms with E-state index in [1.165, 1.54) is 71.4 Å². The molecule has 8 aromatic carbocycles. The van der Waals surface area contributed by atoms with Gasteiger partial charge in [0.25, 0.3) is 0 Å². The first-order chi connectivity index (χ1) is 35.8. The van der Waals surface area contributed by atoms with Crippen LogP contribution in [0.15, 0.2) is 156 Å². The van der Waals surface area contributed by atoms with Gasteiger partial charge in [-0.3, -0.25) is 4.98 Å². The van der Waals surface area contributed by atoms with Crippen LogP contribution in [0, 0.1) is 12.1 Å². The molecule has 6 heteroatoms. The van der Waals surface area contributed by atoms with E-state index in [-0.39, 0.29) is 48.2 Å². The van der Waals surface area contributed by atoms with Crippen LogP contribution in [-0.2, 0) is 36.4 Å². The Hall–Kier alpha value is -6.43. The summed E-state index contributed by atoms with van der Waals surface area (Å²) in [6, 6.07) is 60.0. The van der Waals surface area contributed by atoms with E-state index in [2.05, 4.69) is 253 Å². The van der Waals surface area contributed by atoms with Gasteiger partial charge in [-0.25, -0.2) is 0 Å². The summed E-state index contributed by atoms with van der Waals surface area (Å²) in [7, 11) is -1.69. The van der Waals surface area contributed by atoms with E-state index in [1.807, 2.05) is 30.5 Å². The predicted molar refractivity (Wildman–Crippen MR) is 329 cm³/mol. The Labute approximate surface area is 472 Å². The van der Waals surface area contributed by atoms with E-state index in [4.69, 9.17) is 9.40 Å². The molecular formula is C71H75IrN3OSi-2. The zero-order valence-electron chi connectivity index (χ0n) is 48.2. The fraction of sp³-hybridized carbons (Fsp3) is 0.296. The molecule has 0 amide bonds.